The number of fused-ring (bicyclic) bond motifs is 7. The Morgan fingerprint density at radius 1 is 1.04 bits per heavy atom. The van der Waals surface area contributed by atoms with Gasteiger partial charge >= 0.3 is 5.97 Å². The van der Waals surface area contributed by atoms with E-state index in [4.69, 9.17) is 4.74 Å². The van der Waals surface area contributed by atoms with Crippen molar-refractivity contribution >= 4 is 5.97 Å². The number of ether oxygens (including phenoxy) is 1. The minimum Gasteiger partial charge on any atom is -0.458 e. The third kappa shape index (κ3) is 1.64. The molecule has 0 N–H and O–H groups in total. The van der Waals surface area contributed by atoms with Crippen molar-refractivity contribution in [3.8, 4) is 0 Å². The van der Waals surface area contributed by atoms with Gasteiger partial charge in [0.2, 0.25) is 0 Å². The Kier molecular flexibility index (Phi) is 3.06. The minimum absolute atomic E-state index is 0.0446. The van der Waals surface area contributed by atoms with Crippen LogP contribution in [0.2, 0.25) is 0 Å². The summed E-state index contributed by atoms with van der Waals surface area (Å²) in [4.78, 5) is 12.4. The van der Waals surface area contributed by atoms with E-state index in [-0.39, 0.29) is 17.0 Å². The average Bonchev–Trinajstić information content (AvgIpc) is 3.29. The van der Waals surface area contributed by atoms with Crippen LogP contribution in [0.15, 0.2) is 0 Å². The Balaban J connectivity index is 1.55. The van der Waals surface area contributed by atoms with Crippen molar-refractivity contribution in [3.05, 3.63) is 0 Å². The van der Waals surface area contributed by atoms with Gasteiger partial charge < -0.3 is 4.74 Å². The van der Waals surface area contributed by atoms with E-state index in [9.17, 15) is 4.79 Å². The fourth-order valence-electron chi connectivity index (χ4n) is 8.63. The number of carbonyl (C=O) groups excluding carboxylic acids is 1. The van der Waals surface area contributed by atoms with E-state index < -0.39 is 0 Å². The van der Waals surface area contributed by atoms with E-state index in [2.05, 4.69) is 13.8 Å². The summed E-state index contributed by atoms with van der Waals surface area (Å²) in [5.41, 5.74) is 0.194. The van der Waals surface area contributed by atoms with Crippen molar-refractivity contribution in [1.29, 1.82) is 0 Å². The molecule has 4 aliphatic carbocycles. The first-order valence-electron chi connectivity index (χ1n) is 10.4. The summed E-state index contributed by atoms with van der Waals surface area (Å²) in [7, 11) is 0. The molecule has 0 aromatic rings. The summed E-state index contributed by atoms with van der Waals surface area (Å²) in [6.07, 6.45) is 12.5. The van der Waals surface area contributed by atoms with Gasteiger partial charge in [-0.25, -0.2) is 0 Å². The molecule has 23 heavy (non-hydrogen) atoms. The number of rotatable bonds is 2. The van der Waals surface area contributed by atoms with Gasteiger partial charge in [0.25, 0.3) is 0 Å². The van der Waals surface area contributed by atoms with Crippen LogP contribution in [0, 0.1) is 40.9 Å². The van der Waals surface area contributed by atoms with Crippen molar-refractivity contribution in [2.75, 3.05) is 0 Å². The highest BCUT2D eigenvalue weighted by molar-refractivity contribution is 5.74. The summed E-state index contributed by atoms with van der Waals surface area (Å²) < 4.78 is 6.13. The smallest absolute Gasteiger partial charge is 0.307 e. The molecule has 0 aromatic heterocycles. The highest BCUT2D eigenvalue weighted by Crippen LogP contribution is 2.75. The summed E-state index contributed by atoms with van der Waals surface area (Å²) in [6, 6.07) is 0. The molecule has 5 aliphatic rings. The maximum Gasteiger partial charge on any atom is 0.307 e. The molecule has 7 unspecified atom stereocenters. The first kappa shape index (κ1) is 14.8. The lowest BCUT2D eigenvalue weighted by atomic mass is 9.55. The van der Waals surface area contributed by atoms with Gasteiger partial charge in [0.1, 0.15) is 5.60 Å². The Hall–Kier alpha value is -0.530. The van der Waals surface area contributed by atoms with Gasteiger partial charge in [-0.3, -0.25) is 4.79 Å². The normalized spacial score (nSPS) is 52.7. The lowest BCUT2D eigenvalue weighted by Crippen LogP contribution is -2.50. The fraction of sp³-hybridized carbons (Fsp3) is 0.952. The van der Waals surface area contributed by atoms with Crippen LogP contribution in [0.3, 0.4) is 0 Å². The second-order valence-electron chi connectivity index (χ2n) is 9.54. The zero-order valence-corrected chi connectivity index (χ0v) is 14.9. The van der Waals surface area contributed by atoms with Gasteiger partial charge in [0.15, 0.2) is 0 Å². The summed E-state index contributed by atoms with van der Waals surface area (Å²) in [5, 5.41) is 0. The van der Waals surface area contributed by atoms with E-state index in [1.807, 2.05) is 0 Å². The van der Waals surface area contributed by atoms with Crippen molar-refractivity contribution in [1.82, 2.24) is 0 Å². The Bertz CT molecular complexity index is 520. The first-order valence-corrected chi connectivity index (χ1v) is 10.4. The monoisotopic (exact) mass is 316 g/mol. The molecule has 0 amide bonds. The molecule has 2 bridgehead atoms. The SMILES string of the molecule is CCC1CC(CC)C2C1C1CC2C2(CC(=O)OC23CCCC3)C1. The van der Waals surface area contributed by atoms with Crippen molar-refractivity contribution in [2.45, 2.75) is 83.7 Å². The van der Waals surface area contributed by atoms with Gasteiger partial charge in [0, 0.05) is 5.41 Å². The lowest BCUT2D eigenvalue weighted by Gasteiger charge is -2.49. The number of hydrogen-bond acceptors (Lipinski definition) is 2. The fourth-order valence-corrected chi connectivity index (χ4v) is 8.63. The maximum atomic E-state index is 12.4. The zero-order valence-electron chi connectivity index (χ0n) is 14.9. The van der Waals surface area contributed by atoms with Crippen LogP contribution >= 0.6 is 0 Å². The molecule has 0 aromatic carbocycles. The van der Waals surface area contributed by atoms with Crippen LogP contribution in [0.5, 0.6) is 0 Å². The number of carbonyl (C=O) groups is 1. The van der Waals surface area contributed by atoms with Crippen molar-refractivity contribution < 1.29 is 9.53 Å². The van der Waals surface area contributed by atoms with Crippen LogP contribution in [0.1, 0.15) is 78.1 Å². The molecule has 7 atom stereocenters. The predicted octanol–water partition coefficient (Wildman–Crippen LogP) is 4.96. The zero-order chi connectivity index (χ0) is 15.8. The van der Waals surface area contributed by atoms with Gasteiger partial charge in [-0.05, 0) is 80.5 Å². The molecular formula is C21H32O2. The maximum absolute atomic E-state index is 12.4. The molecular weight excluding hydrogens is 284 g/mol. The third-order valence-electron chi connectivity index (χ3n) is 9.18. The van der Waals surface area contributed by atoms with Crippen molar-refractivity contribution in [2.24, 2.45) is 40.9 Å². The molecule has 2 heteroatoms. The molecule has 2 nitrogen and oxygen atoms in total. The van der Waals surface area contributed by atoms with Gasteiger partial charge in [-0.1, -0.05) is 26.7 Å². The molecule has 1 aliphatic heterocycles. The van der Waals surface area contributed by atoms with Crippen LogP contribution in [-0.2, 0) is 9.53 Å². The average molecular weight is 316 g/mol. The minimum atomic E-state index is -0.0446. The van der Waals surface area contributed by atoms with Crippen molar-refractivity contribution in [3.63, 3.8) is 0 Å². The lowest BCUT2D eigenvalue weighted by molar-refractivity contribution is -0.154. The highest BCUT2D eigenvalue weighted by Gasteiger charge is 2.74. The van der Waals surface area contributed by atoms with Gasteiger partial charge in [0.05, 0.1) is 6.42 Å². The molecule has 128 valence electrons. The standard InChI is InChI=1S/C21H32O2/c1-3-13-9-14(4-2)19-16-10-15(18(13)19)11-20(16)12-17(22)23-21(20)7-5-6-8-21/h13-16,18-19H,3-12H2,1-2H3. The van der Waals surface area contributed by atoms with Gasteiger partial charge in [-0.15, -0.1) is 0 Å². The Morgan fingerprint density at radius 2 is 1.74 bits per heavy atom. The predicted molar refractivity (Wildman–Crippen MR) is 89.7 cm³/mol. The van der Waals surface area contributed by atoms with E-state index in [0.717, 1.165) is 54.8 Å². The molecule has 5 rings (SSSR count). The van der Waals surface area contributed by atoms with E-state index in [1.165, 1.54) is 44.9 Å². The third-order valence-corrected chi connectivity index (χ3v) is 9.18. The molecule has 4 saturated carbocycles. The van der Waals surface area contributed by atoms with Crippen LogP contribution in [-0.4, -0.2) is 11.6 Å². The Labute approximate surface area is 140 Å². The van der Waals surface area contributed by atoms with E-state index in [0.29, 0.717) is 0 Å². The highest BCUT2D eigenvalue weighted by atomic mass is 16.6. The van der Waals surface area contributed by atoms with E-state index in [1.54, 1.807) is 0 Å². The summed E-state index contributed by atoms with van der Waals surface area (Å²) >= 11 is 0. The largest absolute Gasteiger partial charge is 0.458 e. The molecule has 1 saturated heterocycles. The molecule has 1 heterocycles. The topological polar surface area (TPSA) is 26.3 Å². The Morgan fingerprint density at radius 3 is 2.43 bits per heavy atom. The second kappa shape index (κ2) is 4.76. The molecule has 0 radical (unpaired) electrons. The summed E-state index contributed by atoms with van der Waals surface area (Å²) in [6.45, 7) is 4.81. The van der Waals surface area contributed by atoms with E-state index >= 15 is 0 Å². The number of hydrogen-bond donors (Lipinski definition) is 0. The molecule has 5 fully saturated rings. The quantitative estimate of drug-likeness (QED) is 0.673. The summed E-state index contributed by atoms with van der Waals surface area (Å²) in [5.74, 6) is 5.61. The van der Waals surface area contributed by atoms with Crippen LogP contribution in [0.4, 0.5) is 0 Å². The first-order chi connectivity index (χ1) is 11.1. The molecule has 2 spiro atoms. The van der Waals surface area contributed by atoms with Gasteiger partial charge in [-0.2, -0.15) is 0 Å². The van der Waals surface area contributed by atoms with Crippen LogP contribution in [0.25, 0.3) is 0 Å². The number of esters is 1. The van der Waals surface area contributed by atoms with Crippen LogP contribution < -0.4 is 0 Å². The second-order valence-corrected chi connectivity index (χ2v) is 9.54.